The van der Waals surface area contributed by atoms with E-state index in [0.29, 0.717) is 13.2 Å². The Balaban J connectivity index is 4.00. The zero-order chi connectivity index (χ0) is 11.9. The fraction of sp³-hybridized carbons (Fsp3) is 1.00. The van der Waals surface area contributed by atoms with Crippen molar-refractivity contribution < 1.29 is 23.1 Å². The lowest BCUT2D eigenvalue weighted by molar-refractivity contribution is -0.0996. The molecule has 0 saturated carbocycles. The van der Waals surface area contributed by atoms with Crippen LogP contribution in [-0.2, 0) is 23.1 Å². The van der Waals surface area contributed by atoms with Gasteiger partial charge in [0.15, 0.2) is 12.6 Å². The van der Waals surface area contributed by atoms with E-state index in [4.69, 9.17) is 18.5 Å². The summed E-state index contributed by atoms with van der Waals surface area (Å²) in [5.74, 6) is 0. The van der Waals surface area contributed by atoms with Crippen LogP contribution in [0.25, 0.3) is 0 Å². The topological polar surface area (TPSA) is 54.0 Å². The largest absolute Gasteiger partial charge is 0.353 e. The lowest BCUT2D eigenvalue weighted by Crippen LogP contribution is -2.16. The molecule has 0 aliphatic rings. The van der Waals surface area contributed by atoms with Crippen LogP contribution in [0, 0.1) is 0 Å². The molecule has 0 saturated heterocycles. The van der Waals surface area contributed by atoms with Gasteiger partial charge in [-0.15, -0.1) is 0 Å². The predicted molar refractivity (Wildman–Crippen MR) is 57.9 cm³/mol. The van der Waals surface area contributed by atoms with E-state index in [0.717, 1.165) is 0 Å². The first-order valence-corrected chi connectivity index (χ1v) is 7.07. The van der Waals surface area contributed by atoms with Gasteiger partial charge in [-0.05, 0) is 27.7 Å². The summed E-state index contributed by atoms with van der Waals surface area (Å²) in [6.45, 7) is 9.43. The Kier molecular flexibility index (Phi) is 7.40. The second-order valence-electron chi connectivity index (χ2n) is 3.03. The molecule has 0 radical (unpaired) electrons. The van der Waals surface area contributed by atoms with Crippen LogP contribution >= 0.6 is 7.60 Å². The quantitative estimate of drug-likeness (QED) is 0.482. The molecule has 2 atom stereocenters. The molecule has 0 aromatic heterocycles. The molecular weight excluding hydrogens is 219 g/mol. The first kappa shape index (κ1) is 15.1. The average Bonchev–Trinajstić information content (AvgIpc) is 2.01. The molecular formula is C9H21O5P. The van der Waals surface area contributed by atoms with Crippen molar-refractivity contribution in [2.24, 2.45) is 0 Å². The number of hydrogen-bond donors (Lipinski definition) is 0. The Morgan fingerprint density at radius 1 is 1.00 bits per heavy atom. The van der Waals surface area contributed by atoms with Gasteiger partial charge in [0.1, 0.15) is 0 Å². The van der Waals surface area contributed by atoms with Gasteiger partial charge in [-0.2, -0.15) is 0 Å². The van der Waals surface area contributed by atoms with Crippen molar-refractivity contribution in [2.45, 2.75) is 40.3 Å². The third kappa shape index (κ3) is 7.94. The lowest BCUT2D eigenvalue weighted by atomic mass is 10.7. The standard InChI is InChI=1S/C9H21O5P/c1-6-11-8(3)13-15(5,10)14-9(4)12-7-2/h8-9H,6-7H2,1-5H3. The minimum Gasteiger partial charge on any atom is -0.353 e. The molecule has 15 heavy (non-hydrogen) atoms. The van der Waals surface area contributed by atoms with Crippen LogP contribution in [0.3, 0.4) is 0 Å². The van der Waals surface area contributed by atoms with E-state index < -0.39 is 20.2 Å². The molecule has 0 spiro atoms. The van der Waals surface area contributed by atoms with Gasteiger partial charge in [-0.1, -0.05) is 0 Å². The zero-order valence-corrected chi connectivity index (χ0v) is 11.0. The minimum absolute atomic E-state index is 0.502. The molecule has 0 heterocycles. The molecule has 0 aromatic carbocycles. The Bertz CT molecular complexity index is 191. The van der Waals surface area contributed by atoms with Gasteiger partial charge >= 0.3 is 7.60 Å². The molecule has 0 aliphatic heterocycles. The summed E-state index contributed by atoms with van der Waals surface area (Å²) in [6, 6.07) is 0. The summed E-state index contributed by atoms with van der Waals surface area (Å²) in [7, 11) is -3.11. The molecule has 0 rings (SSSR count). The normalized spacial score (nSPS) is 19.5. The van der Waals surface area contributed by atoms with Gasteiger partial charge in [-0.25, -0.2) is 0 Å². The van der Waals surface area contributed by atoms with Gasteiger partial charge in [0.25, 0.3) is 0 Å². The summed E-state index contributed by atoms with van der Waals surface area (Å²) >= 11 is 0. The summed E-state index contributed by atoms with van der Waals surface area (Å²) in [6.07, 6.45) is -1.08. The maximum absolute atomic E-state index is 11.8. The minimum atomic E-state index is -3.11. The first-order valence-electron chi connectivity index (χ1n) is 5.08. The lowest BCUT2D eigenvalue weighted by Gasteiger charge is -2.22. The average molecular weight is 240 g/mol. The van der Waals surface area contributed by atoms with Crippen LogP contribution in [0.4, 0.5) is 0 Å². The molecule has 0 bridgehead atoms. The third-order valence-electron chi connectivity index (χ3n) is 1.48. The molecule has 0 aromatic rings. The van der Waals surface area contributed by atoms with E-state index >= 15 is 0 Å². The van der Waals surface area contributed by atoms with Gasteiger partial charge in [0, 0.05) is 19.9 Å². The highest BCUT2D eigenvalue weighted by atomic mass is 31.2. The third-order valence-corrected chi connectivity index (χ3v) is 2.84. The molecule has 6 heteroatoms. The van der Waals surface area contributed by atoms with E-state index in [2.05, 4.69) is 0 Å². The first-order chi connectivity index (χ1) is 6.91. The Hall–Kier alpha value is 0.0700. The second kappa shape index (κ2) is 7.36. The monoisotopic (exact) mass is 240 g/mol. The number of rotatable bonds is 8. The van der Waals surface area contributed by atoms with Crippen LogP contribution < -0.4 is 0 Å². The van der Waals surface area contributed by atoms with Crippen molar-refractivity contribution in [1.82, 2.24) is 0 Å². The smallest absolute Gasteiger partial charge is 0.332 e. The van der Waals surface area contributed by atoms with Crippen molar-refractivity contribution in [1.29, 1.82) is 0 Å². The van der Waals surface area contributed by atoms with Crippen LogP contribution in [0.1, 0.15) is 27.7 Å². The van der Waals surface area contributed by atoms with Gasteiger partial charge in [-0.3, -0.25) is 13.6 Å². The van der Waals surface area contributed by atoms with Crippen LogP contribution in [-0.4, -0.2) is 32.5 Å². The highest BCUT2D eigenvalue weighted by molar-refractivity contribution is 7.53. The maximum atomic E-state index is 11.8. The fourth-order valence-electron chi connectivity index (χ4n) is 1.09. The van der Waals surface area contributed by atoms with E-state index in [1.54, 1.807) is 13.8 Å². The van der Waals surface area contributed by atoms with Crippen LogP contribution in [0.2, 0.25) is 0 Å². The Morgan fingerprint density at radius 3 is 1.60 bits per heavy atom. The maximum Gasteiger partial charge on any atom is 0.332 e. The summed E-state index contributed by atoms with van der Waals surface area (Å²) < 4.78 is 32.2. The summed E-state index contributed by atoms with van der Waals surface area (Å²) in [4.78, 5) is 0. The van der Waals surface area contributed by atoms with E-state index in [1.165, 1.54) is 6.66 Å². The van der Waals surface area contributed by atoms with Crippen LogP contribution in [0.5, 0.6) is 0 Å². The van der Waals surface area contributed by atoms with Gasteiger partial charge < -0.3 is 9.47 Å². The van der Waals surface area contributed by atoms with Crippen molar-refractivity contribution in [3.8, 4) is 0 Å². The fourth-order valence-corrected chi connectivity index (χ4v) is 2.34. The number of hydrogen-bond acceptors (Lipinski definition) is 5. The Labute approximate surface area is 91.6 Å². The second-order valence-corrected chi connectivity index (χ2v) is 4.99. The molecule has 92 valence electrons. The zero-order valence-electron chi connectivity index (χ0n) is 10.1. The predicted octanol–water partition coefficient (Wildman–Crippen LogP) is 2.61. The van der Waals surface area contributed by atoms with Crippen LogP contribution in [0.15, 0.2) is 0 Å². The SMILES string of the molecule is CCOC(C)OP(C)(=O)OC(C)OCC. The highest BCUT2D eigenvalue weighted by Crippen LogP contribution is 2.46. The number of ether oxygens (including phenoxy) is 2. The van der Waals surface area contributed by atoms with Crippen molar-refractivity contribution in [3.63, 3.8) is 0 Å². The van der Waals surface area contributed by atoms with Crippen molar-refractivity contribution >= 4 is 7.60 Å². The van der Waals surface area contributed by atoms with Crippen molar-refractivity contribution in [3.05, 3.63) is 0 Å². The summed E-state index contributed by atoms with van der Waals surface area (Å²) in [5, 5.41) is 0. The highest BCUT2D eigenvalue weighted by Gasteiger charge is 2.24. The molecule has 0 N–H and O–H groups in total. The van der Waals surface area contributed by atoms with E-state index in [1.807, 2.05) is 13.8 Å². The molecule has 0 amide bonds. The molecule has 2 unspecified atom stereocenters. The molecule has 0 aliphatic carbocycles. The van der Waals surface area contributed by atoms with Gasteiger partial charge in [0.2, 0.25) is 0 Å². The van der Waals surface area contributed by atoms with Crippen molar-refractivity contribution in [2.75, 3.05) is 19.9 Å². The van der Waals surface area contributed by atoms with E-state index in [-0.39, 0.29) is 0 Å². The molecule has 0 fully saturated rings. The molecule has 5 nitrogen and oxygen atoms in total. The Morgan fingerprint density at radius 2 is 1.33 bits per heavy atom. The van der Waals surface area contributed by atoms with Gasteiger partial charge in [0.05, 0.1) is 0 Å². The van der Waals surface area contributed by atoms with E-state index in [9.17, 15) is 4.57 Å². The summed E-state index contributed by atoms with van der Waals surface area (Å²) in [5.41, 5.74) is 0.